The second kappa shape index (κ2) is 10.1. The fraction of sp³-hybridized carbons (Fsp3) is 0.455. The van der Waals surface area contributed by atoms with Crippen LogP contribution in [0.15, 0.2) is 30.3 Å². The van der Waals surface area contributed by atoms with Crippen molar-refractivity contribution in [2.24, 2.45) is 11.7 Å². The number of benzene rings is 1. The quantitative estimate of drug-likeness (QED) is 0.559. The third-order valence-corrected chi connectivity index (χ3v) is 5.59. The second-order valence-corrected chi connectivity index (χ2v) is 8.43. The summed E-state index contributed by atoms with van der Waals surface area (Å²) in [6.07, 6.45) is -4.54. The molecule has 2 heterocycles. The summed E-state index contributed by atoms with van der Waals surface area (Å²) in [5, 5.41) is 12.9. The average molecular weight is 480 g/mol. The first-order chi connectivity index (χ1) is 16.0. The minimum Gasteiger partial charge on any atom is -0.372 e. The monoisotopic (exact) mass is 479 g/mol. The van der Waals surface area contributed by atoms with Crippen LogP contribution >= 0.6 is 0 Å². The van der Waals surface area contributed by atoms with Crippen molar-refractivity contribution in [3.8, 4) is 0 Å². The Kier molecular flexibility index (Phi) is 7.48. The molecule has 1 fully saturated rings. The topological polar surface area (TPSA) is 116 Å². The summed E-state index contributed by atoms with van der Waals surface area (Å²) in [7, 11) is 0. The van der Waals surface area contributed by atoms with E-state index in [0.717, 1.165) is 18.8 Å². The zero-order valence-electron chi connectivity index (χ0n) is 19.2. The molecule has 1 aromatic heterocycles. The van der Waals surface area contributed by atoms with Crippen LogP contribution in [-0.4, -0.2) is 65.3 Å². The van der Waals surface area contributed by atoms with Gasteiger partial charge in [0.15, 0.2) is 11.5 Å². The van der Waals surface area contributed by atoms with Gasteiger partial charge in [0.25, 0.3) is 5.91 Å². The number of nitrogens with zero attached hydrogens (tertiary/aromatic N) is 4. The van der Waals surface area contributed by atoms with Crippen molar-refractivity contribution in [3.05, 3.63) is 36.0 Å². The molecule has 12 heteroatoms. The smallest absolute Gasteiger partial charge is 0.372 e. The first-order valence-corrected chi connectivity index (χ1v) is 10.8. The first-order valence-electron chi connectivity index (χ1n) is 10.8. The highest BCUT2D eigenvalue weighted by Gasteiger charge is 2.42. The molecule has 2 aromatic rings. The number of hydrogen-bond acceptors (Lipinski definition) is 7. The molecule has 1 aliphatic heterocycles. The number of amides is 2. The Hall–Kier alpha value is -3.57. The summed E-state index contributed by atoms with van der Waals surface area (Å²) in [6, 6.07) is 6.78. The van der Waals surface area contributed by atoms with Crippen molar-refractivity contribution in [3.63, 3.8) is 0 Å². The zero-order valence-corrected chi connectivity index (χ0v) is 19.2. The van der Waals surface area contributed by atoms with E-state index in [2.05, 4.69) is 25.7 Å². The third-order valence-electron chi connectivity index (χ3n) is 5.59. The molecule has 2 amide bonds. The summed E-state index contributed by atoms with van der Waals surface area (Å²) in [4.78, 5) is 27.1. The van der Waals surface area contributed by atoms with Crippen molar-refractivity contribution in [2.75, 3.05) is 41.7 Å². The largest absolute Gasteiger partial charge is 0.408 e. The fourth-order valence-electron chi connectivity index (χ4n) is 3.72. The number of rotatable bonds is 7. The molecule has 9 nitrogen and oxygen atoms in total. The van der Waals surface area contributed by atoms with E-state index >= 15 is 0 Å². The van der Waals surface area contributed by atoms with Crippen LogP contribution in [0.2, 0.25) is 0 Å². The third kappa shape index (κ3) is 6.06. The van der Waals surface area contributed by atoms with E-state index in [9.17, 15) is 22.8 Å². The van der Waals surface area contributed by atoms with Crippen LogP contribution < -0.4 is 21.3 Å². The highest BCUT2D eigenvalue weighted by atomic mass is 19.4. The lowest BCUT2D eigenvalue weighted by atomic mass is 10.0. The number of hydrogen-bond donors (Lipinski definition) is 3. The van der Waals surface area contributed by atoms with E-state index in [4.69, 9.17) is 5.73 Å². The van der Waals surface area contributed by atoms with Crippen molar-refractivity contribution >= 4 is 34.7 Å². The van der Waals surface area contributed by atoms with E-state index in [1.54, 1.807) is 24.0 Å². The molecule has 3 rings (SSSR count). The molecule has 0 radical (unpaired) electrons. The molecule has 4 N–H and O–H groups in total. The maximum atomic E-state index is 13.4. The summed E-state index contributed by atoms with van der Waals surface area (Å²) in [5.41, 5.74) is 6.37. The zero-order chi connectivity index (χ0) is 25.0. The van der Waals surface area contributed by atoms with Gasteiger partial charge in [0.05, 0.1) is 5.69 Å². The van der Waals surface area contributed by atoms with E-state index < -0.39 is 24.0 Å². The normalized spacial score (nSPS) is 15.3. The van der Waals surface area contributed by atoms with Crippen LogP contribution in [0.1, 0.15) is 31.3 Å². The summed E-state index contributed by atoms with van der Waals surface area (Å²) in [5.74, 6) is -1.57. The maximum Gasteiger partial charge on any atom is 0.408 e. The number of halogens is 3. The van der Waals surface area contributed by atoms with Gasteiger partial charge >= 0.3 is 6.18 Å². The molecule has 184 valence electrons. The Morgan fingerprint density at radius 3 is 2.18 bits per heavy atom. The second-order valence-electron chi connectivity index (χ2n) is 8.43. The van der Waals surface area contributed by atoms with E-state index in [-0.39, 0.29) is 23.1 Å². The number of anilines is 4. The number of carbonyl (C=O) groups excluding carboxylic acids is 2. The van der Waals surface area contributed by atoms with Crippen LogP contribution in [0.5, 0.6) is 0 Å². The van der Waals surface area contributed by atoms with Crippen LogP contribution in [0.4, 0.5) is 36.1 Å². The van der Waals surface area contributed by atoms with Crippen LogP contribution in [0, 0.1) is 5.92 Å². The lowest BCUT2D eigenvalue weighted by molar-refractivity contribution is -0.150. The lowest BCUT2D eigenvalue weighted by Gasteiger charge is -2.35. The van der Waals surface area contributed by atoms with Gasteiger partial charge in [-0.15, -0.1) is 10.2 Å². The Labute approximate surface area is 195 Å². The van der Waals surface area contributed by atoms with Gasteiger partial charge in [-0.25, -0.2) is 0 Å². The molecular weight excluding hydrogens is 451 g/mol. The number of primary amides is 1. The van der Waals surface area contributed by atoms with Gasteiger partial charge in [0, 0.05) is 50.5 Å². The molecule has 1 aliphatic rings. The highest BCUT2D eigenvalue weighted by Crippen LogP contribution is 2.30. The number of nitrogens with one attached hydrogen (secondary N) is 2. The molecule has 0 saturated carbocycles. The number of nitrogens with two attached hydrogens (primary N) is 1. The average Bonchev–Trinajstić information content (AvgIpc) is 2.77. The highest BCUT2D eigenvalue weighted by molar-refractivity contribution is 5.96. The SMILES string of the molecule is CC(=O)N1CCN(c2ccc(Nc3cc(NC(C(C)C)C(F)(F)F)c(C(N)=O)nn3)cc2)CC1. The van der Waals surface area contributed by atoms with Gasteiger partial charge in [0.1, 0.15) is 6.04 Å². The maximum absolute atomic E-state index is 13.4. The van der Waals surface area contributed by atoms with Gasteiger partial charge in [-0.3, -0.25) is 9.59 Å². The van der Waals surface area contributed by atoms with E-state index in [0.29, 0.717) is 18.8 Å². The summed E-state index contributed by atoms with van der Waals surface area (Å²) >= 11 is 0. The molecular formula is C22H28F3N7O2. The Bertz CT molecular complexity index is 1020. The number of alkyl halides is 3. The fourth-order valence-corrected chi connectivity index (χ4v) is 3.72. The van der Waals surface area contributed by atoms with Gasteiger partial charge in [0.2, 0.25) is 5.91 Å². The van der Waals surface area contributed by atoms with Crippen LogP contribution in [-0.2, 0) is 4.79 Å². The predicted octanol–water partition coefficient (Wildman–Crippen LogP) is 2.99. The van der Waals surface area contributed by atoms with Crippen molar-refractivity contribution in [1.82, 2.24) is 15.1 Å². The molecule has 0 bridgehead atoms. The Morgan fingerprint density at radius 1 is 1.06 bits per heavy atom. The van der Waals surface area contributed by atoms with Crippen molar-refractivity contribution < 1.29 is 22.8 Å². The number of carbonyl (C=O) groups is 2. The summed E-state index contributed by atoms with van der Waals surface area (Å²) < 4.78 is 40.3. The molecule has 1 atom stereocenters. The molecule has 34 heavy (non-hydrogen) atoms. The molecule has 0 aliphatic carbocycles. The molecule has 1 saturated heterocycles. The van der Waals surface area contributed by atoms with Crippen molar-refractivity contribution in [2.45, 2.75) is 33.0 Å². The Morgan fingerprint density at radius 2 is 1.68 bits per heavy atom. The minimum absolute atomic E-state index is 0.0615. The van der Waals surface area contributed by atoms with Crippen LogP contribution in [0.3, 0.4) is 0 Å². The van der Waals surface area contributed by atoms with Gasteiger partial charge in [-0.05, 0) is 30.2 Å². The lowest BCUT2D eigenvalue weighted by Crippen LogP contribution is -2.48. The van der Waals surface area contributed by atoms with Gasteiger partial charge in [-0.2, -0.15) is 13.2 Å². The van der Waals surface area contributed by atoms with Crippen molar-refractivity contribution in [1.29, 1.82) is 0 Å². The van der Waals surface area contributed by atoms with E-state index in [1.807, 2.05) is 12.1 Å². The molecule has 1 unspecified atom stereocenters. The van der Waals surface area contributed by atoms with Gasteiger partial charge < -0.3 is 26.2 Å². The molecule has 1 aromatic carbocycles. The minimum atomic E-state index is -4.54. The van der Waals surface area contributed by atoms with Crippen LogP contribution in [0.25, 0.3) is 0 Å². The number of aromatic nitrogens is 2. The standard InChI is InChI=1S/C22H28F3N7O2/c1-13(2)20(22(23,24)25)28-17-12-18(29-30-19(17)21(26)34)27-15-4-6-16(7-5-15)32-10-8-31(9-11-32)14(3)33/h4-7,12-13,20H,8-11H2,1-3H3,(H2,26,34)(H2,27,28,29). The Balaban J connectivity index is 1.75. The summed E-state index contributed by atoms with van der Waals surface area (Å²) in [6.45, 7) is 7.15. The molecule has 0 spiro atoms. The van der Waals surface area contributed by atoms with E-state index in [1.165, 1.54) is 19.9 Å². The number of piperazine rings is 1. The predicted molar refractivity (Wildman–Crippen MR) is 123 cm³/mol. The first kappa shape index (κ1) is 25.1. The van der Waals surface area contributed by atoms with Gasteiger partial charge in [-0.1, -0.05) is 13.8 Å².